The molecule has 0 spiro atoms. The summed E-state index contributed by atoms with van der Waals surface area (Å²) < 4.78 is 1.72. The van der Waals surface area contributed by atoms with E-state index in [0.29, 0.717) is 11.5 Å². The lowest BCUT2D eigenvalue weighted by atomic mass is 9.96. The Morgan fingerprint density at radius 2 is 2.22 bits per heavy atom. The molecule has 2 N–H and O–H groups in total. The molecule has 0 saturated carbocycles. The Morgan fingerprint density at radius 1 is 1.43 bits per heavy atom. The van der Waals surface area contributed by atoms with Gasteiger partial charge in [0.05, 0.1) is 18.3 Å². The minimum absolute atomic E-state index is 0.0198. The van der Waals surface area contributed by atoms with Crippen LogP contribution in [0.1, 0.15) is 34.7 Å². The number of carbonyl (C=O) groups is 1. The van der Waals surface area contributed by atoms with Gasteiger partial charge in [-0.15, -0.1) is 0 Å². The van der Waals surface area contributed by atoms with Gasteiger partial charge in [0.25, 0.3) is 5.91 Å². The zero-order valence-electron chi connectivity index (χ0n) is 13.7. The lowest BCUT2D eigenvalue weighted by Crippen LogP contribution is -2.38. The lowest BCUT2D eigenvalue weighted by molar-refractivity contribution is 0.0934. The van der Waals surface area contributed by atoms with Crippen LogP contribution in [0.2, 0.25) is 0 Å². The number of piperidine rings is 1. The topological polar surface area (TPSA) is 78.8 Å². The summed E-state index contributed by atoms with van der Waals surface area (Å²) in [5.41, 5.74) is 1.57. The third-order valence-corrected chi connectivity index (χ3v) is 4.67. The van der Waals surface area contributed by atoms with E-state index in [1.54, 1.807) is 17.1 Å². The maximum absolute atomic E-state index is 12.2. The van der Waals surface area contributed by atoms with Crippen molar-refractivity contribution in [3.8, 4) is 0 Å². The zero-order chi connectivity index (χ0) is 16.2. The molecule has 2 aromatic heterocycles. The number of carbonyl (C=O) groups excluding carboxylic acids is 1. The largest absolute Gasteiger partial charge is 0.352 e. The molecule has 1 aliphatic heterocycles. The van der Waals surface area contributed by atoms with E-state index < -0.39 is 0 Å². The van der Waals surface area contributed by atoms with Crippen molar-refractivity contribution >= 4 is 5.91 Å². The van der Waals surface area contributed by atoms with Gasteiger partial charge < -0.3 is 10.3 Å². The van der Waals surface area contributed by atoms with Crippen molar-refractivity contribution in [1.82, 2.24) is 30.0 Å². The average Bonchev–Trinajstić information content (AvgIpc) is 3.17. The van der Waals surface area contributed by atoms with Crippen molar-refractivity contribution in [3.63, 3.8) is 0 Å². The molecule has 0 atom stereocenters. The fourth-order valence-corrected chi connectivity index (χ4v) is 3.00. The first-order chi connectivity index (χ1) is 11.1. The summed E-state index contributed by atoms with van der Waals surface area (Å²) in [7, 11) is 1.85. The molecule has 0 aromatic carbocycles. The highest BCUT2D eigenvalue weighted by Gasteiger charge is 2.21. The van der Waals surface area contributed by atoms with E-state index in [1.165, 1.54) is 0 Å². The smallest absolute Gasteiger partial charge is 0.254 e. The summed E-state index contributed by atoms with van der Waals surface area (Å²) in [6.07, 6.45) is 7.49. The first-order valence-corrected chi connectivity index (χ1v) is 8.11. The molecule has 1 aliphatic rings. The van der Waals surface area contributed by atoms with Gasteiger partial charge >= 0.3 is 0 Å². The monoisotopic (exact) mass is 316 g/mol. The Balaban J connectivity index is 1.42. The van der Waals surface area contributed by atoms with Crippen LogP contribution in [-0.2, 0) is 13.6 Å². The molecule has 7 nitrogen and oxygen atoms in total. The van der Waals surface area contributed by atoms with Gasteiger partial charge in [-0.2, -0.15) is 5.10 Å². The second-order valence-electron chi connectivity index (χ2n) is 6.23. The molecular weight excluding hydrogens is 292 g/mol. The summed E-state index contributed by atoms with van der Waals surface area (Å²) in [5.74, 6) is 1.54. The Labute approximate surface area is 136 Å². The molecule has 3 heterocycles. The van der Waals surface area contributed by atoms with Gasteiger partial charge in [-0.25, -0.2) is 4.98 Å². The Bertz CT molecular complexity index is 640. The second kappa shape index (κ2) is 6.95. The zero-order valence-corrected chi connectivity index (χ0v) is 13.7. The SMILES string of the molecule is Cc1c(C(=O)NCC2CCN(Cc3ncc[nH]3)CC2)cnn1C. The molecule has 2 aromatic rings. The van der Waals surface area contributed by atoms with Gasteiger partial charge in [0.15, 0.2) is 0 Å². The van der Waals surface area contributed by atoms with Crippen molar-refractivity contribution < 1.29 is 4.79 Å². The molecular formula is C16H24N6O. The van der Waals surface area contributed by atoms with Crippen LogP contribution in [0, 0.1) is 12.8 Å². The third-order valence-electron chi connectivity index (χ3n) is 4.67. The van der Waals surface area contributed by atoms with Crippen LogP contribution in [0.5, 0.6) is 0 Å². The normalized spacial score (nSPS) is 16.6. The minimum Gasteiger partial charge on any atom is -0.352 e. The predicted octanol–water partition coefficient (Wildman–Crippen LogP) is 1.09. The molecule has 124 valence electrons. The number of amides is 1. The Kier molecular flexibility index (Phi) is 4.76. The van der Waals surface area contributed by atoms with Crippen LogP contribution in [0.15, 0.2) is 18.6 Å². The Hall–Kier alpha value is -2.15. The summed E-state index contributed by atoms with van der Waals surface area (Å²) in [6, 6.07) is 0. The van der Waals surface area contributed by atoms with E-state index >= 15 is 0 Å². The van der Waals surface area contributed by atoms with Gasteiger partial charge in [-0.1, -0.05) is 0 Å². The van der Waals surface area contributed by atoms with E-state index in [1.807, 2.05) is 20.2 Å². The van der Waals surface area contributed by atoms with E-state index in [-0.39, 0.29) is 5.91 Å². The molecule has 1 saturated heterocycles. The maximum atomic E-state index is 12.2. The summed E-state index contributed by atoms with van der Waals surface area (Å²) >= 11 is 0. The van der Waals surface area contributed by atoms with Crippen LogP contribution in [0.3, 0.4) is 0 Å². The number of nitrogens with one attached hydrogen (secondary N) is 2. The molecule has 23 heavy (non-hydrogen) atoms. The summed E-state index contributed by atoms with van der Waals surface area (Å²) in [4.78, 5) is 22.0. The van der Waals surface area contributed by atoms with Gasteiger partial charge in [-0.3, -0.25) is 14.4 Å². The number of aromatic nitrogens is 4. The molecule has 3 rings (SSSR count). The molecule has 0 unspecified atom stereocenters. The summed E-state index contributed by atoms with van der Waals surface area (Å²) in [6.45, 7) is 5.62. The number of imidazole rings is 1. The minimum atomic E-state index is -0.0198. The summed E-state index contributed by atoms with van der Waals surface area (Å²) in [5, 5.41) is 7.17. The molecule has 0 radical (unpaired) electrons. The van der Waals surface area contributed by atoms with Crippen LogP contribution >= 0.6 is 0 Å². The van der Waals surface area contributed by atoms with Gasteiger partial charge in [0.1, 0.15) is 5.82 Å². The molecule has 7 heteroatoms. The number of likely N-dealkylation sites (tertiary alicyclic amines) is 1. The number of aromatic amines is 1. The third kappa shape index (κ3) is 3.79. The Morgan fingerprint density at radius 3 is 2.83 bits per heavy atom. The van der Waals surface area contributed by atoms with E-state index in [4.69, 9.17) is 0 Å². The van der Waals surface area contributed by atoms with Crippen LogP contribution in [-0.4, -0.2) is 50.2 Å². The number of H-pyrrole nitrogens is 1. The number of hydrogen-bond donors (Lipinski definition) is 2. The van der Waals surface area contributed by atoms with Crippen molar-refractivity contribution in [2.75, 3.05) is 19.6 Å². The quantitative estimate of drug-likeness (QED) is 0.865. The van der Waals surface area contributed by atoms with Crippen LogP contribution < -0.4 is 5.32 Å². The lowest BCUT2D eigenvalue weighted by Gasteiger charge is -2.31. The standard InChI is InChI=1S/C16H24N6O/c1-12-14(10-20-21(12)2)16(23)19-9-13-3-7-22(8-4-13)11-15-17-5-6-18-15/h5-6,10,13H,3-4,7-9,11H2,1-2H3,(H,17,18)(H,19,23). The highest BCUT2D eigenvalue weighted by Crippen LogP contribution is 2.18. The van der Waals surface area contributed by atoms with Gasteiger partial charge in [-0.05, 0) is 38.8 Å². The van der Waals surface area contributed by atoms with E-state index in [0.717, 1.165) is 50.5 Å². The van der Waals surface area contributed by atoms with E-state index in [9.17, 15) is 4.79 Å². The molecule has 1 fully saturated rings. The van der Waals surface area contributed by atoms with Crippen molar-refractivity contribution in [2.24, 2.45) is 13.0 Å². The average molecular weight is 316 g/mol. The first-order valence-electron chi connectivity index (χ1n) is 8.11. The predicted molar refractivity (Wildman–Crippen MR) is 86.9 cm³/mol. The molecule has 1 amide bonds. The van der Waals surface area contributed by atoms with Crippen molar-refractivity contribution in [2.45, 2.75) is 26.3 Å². The fourth-order valence-electron chi connectivity index (χ4n) is 3.00. The fraction of sp³-hybridized carbons (Fsp3) is 0.562. The highest BCUT2D eigenvalue weighted by atomic mass is 16.1. The highest BCUT2D eigenvalue weighted by molar-refractivity contribution is 5.94. The van der Waals surface area contributed by atoms with Gasteiger partial charge in [0.2, 0.25) is 0 Å². The van der Waals surface area contributed by atoms with Crippen molar-refractivity contribution in [3.05, 3.63) is 35.7 Å². The molecule has 0 aliphatic carbocycles. The van der Waals surface area contributed by atoms with Crippen LogP contribution in [0.25, 0.3) is 0 Å². The molecule has 0 bridgehead atoms. The first kappa shape index (κ1) is 15.7. The number of aryl methyl sites for hydroxylation is 1. The van der Waals surface area contributed by atoms with Gasteiger partial charge in [0, 0.05) is 31.7 Å². The van der Waals surface area contributed by atoms with Crippen LogP contribution in [0.4, 0.5) is 0 Å². The van der Waals surface area contributed by atoms with E-state index in [2.05, 4.69) is 25.3 Å². The maximum Gasteiger partial charge on any atom is 0.254 e. The number of rotatable bonds is 5. The number of hydrogen-bond acceptors (Lipinski definition) is 4. The second-order valence-corrected chi connectivity index (χ2v) is 6.23. The number of nitrogens with zero attached hydrogens (tertiary/aromatic N) is 4. The van der Waals surface area contributed by atoms with Crippen molar-refractivity contribution in [1.29, 1.82) is 0 Å².